The normalized spacial score (nSPS) is 18.4. The molecule has 3 saturated heterocycles. The van der Waals surface area contributed by atoms with Gasteiger partial charge in [0.15, 0.2) is 5.78 Å². The average molecular weight is 882 g/mol. The van der Waals surface area contributed by atoms with Gasteiger partial charge in [0.1, 0.15) is 41.2 Å². The van der Waals surface area contributed by atoms with Crippen LogP contribution >= 0.6 is 11.6 Å². The number of piperidine rings is 2. The number of fused-ring (bicyclic) bond motifs is 2. The van der Waals surface area contributed by atoms with Crippen LogP contribution in [0.25, 0.3) is 11.0 Å². The van der Waals surface area contributed by atoms with Gasteiger partial charge in [0, 0.05) is 93.5 Å². The molecule has 0 spiro atoms. The van der Waals surface area contributed by atoms with Crippen molar-refractivity contribution < 1.29 is 28.3 Å². The summed E-state index contributed by atoms with van der Waals surface area (Å²) in [5.41, 5.74) is 4.69. The lowest BCUT2D eigenvalue weighted by Crippen LogP contribution is -2.52. The fraction of sp³-hybridized carbons (Fsp3) is 0.292. The molecule has 2 aromatic heterocycles. The van der Waals surface area contributed by atoms with Crippen molar-refractivity contribution in [2.45, 2.75) is 38.3 Å². The van der Waals surface area contributed by atoms with Gasteiger partial charge >= 0.3 is 0 Å². The Kier molecular flexibility index (Phi) is 11.2. The number of rotatable bonds is 11. The molecule has 14 nitrogen and oxygen atoms in total. The Morgan fingerprint density at radius 1 is 0.844 bits per heavy atom. The van der Waals surface area contributed by atoms with E-state index in [1.807, 2.05) is 48.5 Å². The molecule has 0 saturated carbocycles. The molecule has 3 fully saturated rings. The summed E-state index contributed by atoms with van der Waals surface area (Å²) in [4.78, 5) is 71.5. The highest BCUT2D eigenvalue weighted by molar-refractivity contribution is 6.36. The number of halogens is 2. The van der Waals surface area contributed by atoms with Crippen molar-refractivity contribution in [2.75, 3.05) is 60.9 Å². The topological polar surface area (TPSA) is 156 Å². The minimum absolute atomic E-state index is 0.161. The molecular formula is C48H45ClFN9O5. The van der Waals surface area contributed by atoms with Gasteiger partial charge in [0.2, 0.25) is 11.8 Å². The largest absolute Gasteiger partial charge is 0.457 e. The first-order valence-electron chi connectivity index (χ1n) is 21.6. The van der Waals surface area contributed by atoms with E-state index in [9.17, 15) is 19.2 Å². The number of aromatic nitrogens is 3. The summed E-state index contributed by atoms with van der Waals surface area (Å²) in [6, 6.07) is 24.6. The Morgan fingerprint density at radius 2 is 1.66 bits per heavy atom. The van der Waals surface area contributed by atoms with E-state index in [4.69, 9.17) is 16.3 Å². The Balaban J connectivity index is 0.725. The highest BCUT2D eigenvalue weighted by atomic mass is 35.5. The molecule has 1 unspecified atom stereocenters. The summed E-state index contributed by atoms with van der Waals surface area (Å²) >= 11 is 6.61. The van der Waals surface area contributed by atoms with E-state index in [1.165, 1.54) is 12.4 Å². The van der Waals surface area contributed by atoms with E-state index in [0.29, 0.717) is 69.7 Å². The van der Waals surface area contributed by atoms with Gasteiger partial charge in [-0.1, -0.05) is 29.8 Å². The highest BCUT2D eigenvalue weighted by Crippen LogP contribution is 2.35. The summed E-state index contributed by atoms with van der Waals surface area (Å²) in [6.07, 6.45) is 5.45. The summed E-state index contributed by atoms with van der Waals surface area (Å²) in [6.45, 7) is 6.43. The molecule has 16 heteroatoms. The molecular weight excluding hydrogens is 837 g/mol. The number of nitrogens with one attached hydrogen (secondary N) is 3. The first-order chi connectivity index (χ1) is 31.1. The Labute approximate surface area is 373 Å². The van der Waals surface area contributed by atoms with Crippen molar-refractivity contribution in [2.24, 2.45) is 5.92 Å². The van der Waals surface area contributed by atoms with Gasteiger partial charge in [-0.25, -0.2) is 14.4 Å². The predicted octanol–water partition coefficient (Wildman–Crippen LogP) is 7.32. The van der Waals surface area contributed by atoms with Crippen LogP contribution in [0.3, 0.4) is 0 Å². The molecule has 10 rings (SSSR count). The number of ether oxygens (including phenoxy) is 1. The maximum atomic E-state index is 15.8. The molecule has 0 radical (unpaired) electrons. The van der Waals surface area contributed by atoms with Gasteiger partial charge < -0.3 is 29.7 Å². The summed E-state index contributed by atoms with van der Waals surface area (Å²) < 4.78 is 21.7. The second kappa shape index (κ2) is 17.4. The summed E-state index contributed by atoms with van der Waals surface area (Å²) in [7, 11) is 0. The predicted molar refractivity (Wildman–Crippen MR) is 241 cm³/mol. The highest BCUT2D eigenvalue weighted by Gasteiger charge is 2.39. The molecule has 4 aliphatic rings. The minimum atomic E-state index is -0.624. The van der Waals surface area contributed by atoms with Gasteiger partial charge in [0.25, 0.3) is 5.91 Å². The van der Waals surface area contributed by atoms with Gasteiger partial charge in [-0.15, -0.1) is 0 Å². The Hall–Kier alpha value is -6.84. The molecule has 4 aliphatic heterocycles. The molecule has 4 aromatic carbocycles. The number of nitrogens with zero attached hydrogens (tertiary/aromatic N) is 6. The lowest BCUT2D eigenvalue weighted by Gasteiger charge is -2.40. The maximum Gasteiger partial charge on any atom is 0.255 e. The number of hydrogen-bond donors (Lipinski definition) is 3. The number of H-pyrrole nitrogens is 1. The van der Waals surface area contributed by atoms with Crippen LogP contribution in [0.2, 0.25) is 5.02 Å². The third-order valence-corrected chi connectivity index (χ3v) is 13.1. The maximum absolute atomic E-state index is 15.8. The van der Waals surface area contributed by atoms with Crippen molar-refractivity contribution >= 4 is 69.0 Å². The fourth-order valence-electron chi connectivity index (χ4n) is 9.40. The second-order valence-electron chi connectivity index (χ2n) is 16.8. The minimum Gasteiger partial charge on any atom is -0.457 e. The number of carbonyl (C=O) groups excluding carboxylic acids is 4. The van der Waals surface area contributed by atoms with E-state index in [1.54, 1.807) is 35.4 Å². The lowest BCUT2D eigenvalue weighted by molar-refractivity contribution is -0.136. The standard InChI is InChI=1S/C48H45ClFN9O5/c49-38-24-34(64-33-4-2-1-3-5-33)8-10-36(38)44(61)37-25-51-45-43(37)46(53-28-52-45)54-31-6-11-40(39(50)23-31)58-16-14-29(15-17-58)26-56-18-20-57(21-19-56)32-7-9-35-30(22-32)27-59(48(35)63)41-12-13-42(60)55-47(41)62/h1-11,22-25,28-29,41H,12-21,26-27H2,(H,55,60,62)(H2,51,52,53,54). The zero-order valence-corrected chi connectivity index (χ0v) is 35.6. The van der Waals surface area contributed by atoms with E-state index in [2.05, 4.69) is 46.4 Å². The van der Waals surface area contributed by atoms with Crippen LogP contribution in [0.5, 0.6) is 11.5 Å². The van der Waals surface area contributed by atoms with Crippen molar-refractivity contribution in [1.29, 1.82) is 0 Å². The first kappa shape index (κ1) is 41.2. The molecule has 3 amide bonds. The Bertz CT molecular complexity index is 2790. The number of imide groups is 1. The van der Waals surface area contributed by atoms with Crippen molar-refractivity contribution in [3.8, 4) is 11.5 Å². The number of benzene rings is 4. The summed E-state index contributed by atoms with van der Waals surface area (Å²) in [5, 5.41) is 6.27. The zero-order chi connectivity index (χ0) is 43.9. The van der Waals surface area contributed by atoms with Crippen LogP contribution in [0.4, 0.5) is 27.3 Å². The van der Waals surface area contributed by atoms with Crippen molar-refractivity contribution in [1.82, 2.24) is 30.1 Å². The molecule has 64 heavy (non-hydrogen) atoms. The van der Waals surface area contributed by atoms with Crippen LogP contribution in [-0.4, -0.2) is 100 Å². The van der Waals surface area contributed by atoms with E-state index in [-0.39, 0.29) is 40.4 Å². The Morgan fingerprint density at radius 3 is 2.42 bits per heavy atom. The number of ketones is 1. The van der Waals surface area contributed by atoms with Gasteiger partial charge in [-0.3, -0.25) is 29.4 Å². The summed E-state index contributed by atoms with van der Waals surface area (Å²) in [5.74, 6) is 0.469. The molecule has 0 bridgehead atoms. The third kappa shape index (κ3) is 8.24. The van der Waals surface area contributed by atoms with Crippen LogP contribution in [0.15, 0.2) is 97.5 Å². The van der Waals surface area contributed by atoms with E-state index >= 15 is 4.39 Å². The zero-order valence-electron chi connectivity index (χ0n) is 34.9. The van der Waals surface area contributed by atoms with Crippen molar-refractivity contribution in [3.05, 3.63) is 131 Å². The molecule has 6 aromatic rings. The third-order valence-electron chi connectivity index (χ3n) is 12.8. The van der Waals surface area contributed by atoms with E-state index in [0.717, 1.165) is 69.9 Å². The smallest absolute Gasteiger partial charge is 0.255 e. The number of anilines is 4. The quantitative estimate of drug-likeness (QED) is 0.0886. The van der Waals surface area contributed by atoms with Gasteiger partial charge in [0.05, 0.1) is 21.7 Å². The van der Waals surface area contributed by atoms with Crippen molar-refractivity contribution in [3.63, 3.8) is 0 Å². The number of amides is 3. The number of hydrogen-bond acceptors (Lipinski definition) is 11. The number of aromatic amines is 1. The lowest BCUT2D eigenvalue weighted by atomic mass is 9.95. The average Bonchev–Trinajstić information content (AvgIpc) is 3.88. The second-order valence-corrected chi connectivity index (χ2v) is 17.2. The number of para-hydroxylation sites is 1. The molecule has 326 valence electrons. The number of piperazine rings is 1. The van der Waals surface area contributed by atoms with Gasteiger partial charge in [-0.05, 0) is 91.4 Å². The van der Waals surface area contributed by atoms with Crippen LogP contribution < -0.4 is 25.2 Å². The number of carbonyl (C=O) groups is 4. The molecule has 1 atom stereocenters. The van der Waals surface area contributed by atoms with Crippen LogP contribution in [0, 0.1) is 11.7 Å². The SMILES string of the molecule is O=C1CCC(N2Cc3cc(N4CCN(CC5CCN(c6ccc(Nc7ncnc8[nH]cc(C(=O)c9ccc(Oc%10ccccc%10)cc9Cl)c78)cc6F)CC5)CC4)ccc3C2=O)C(=O)N1. The van der Waals surface area contributed by atoms with E-state index < -0.39 is 11.9 Å². The first-order valence-corrected chi connectivity index (χ1v) is 22.0. The monoisotopic (exact) mass is 881 g/mol. The van der Waals surface area contributed by atoms with Crippen LogP contribution in [0.1, 0.15) is 57.5 Å². The van der Waals surface area contributed by atoms with Crippen LogP contribution in [-0.2, 0) is 16.1 Å². The van der Waals surface area contributed by atoms with Gasteiger partial charge in [-0.2, -0.15) is 0 Å². The molecule has 3 N–H and O–H groups in total. The molecule has 6 heterocycles. The molecule has 0 aliphatic carbocycles. The fourth-order valence-corrected chi connectivity index (χ4v) is 9.65.